The second kappa shape index (κ2) is 13.2. The van der Waals surface area contributed by atoms with Crippen LogP contribution >= 0.6 is 34.2 Å². The molecule has 1 N–H and O–H groups in total. The molecule has 35 heavy (non-hydrogen) atoms. The van der Waals surface area contributed by atoms with E-state index in [2.05, 4.69) is 33.1 Å². The van der Waals surface area contributed by atoms with Crippen molar-refractivity contribution < 1.29 is 23.7 Å². The normalized spacial score (nSPS) is 10.8. The number of hydrazone groups is 1. The molecule has 0 heterocycles. The van der Waals surface area contributed by atoms with E-state index in [1.165, 1.54) is 7.11 Å². The molecule has 0 saturated carbocycles. The van der Waals surface area contributed by atoms with Crippen LogP contribution in [0.1, 0.15) is 34.8 Å². The standard InChI is InChI=1S/C26H26ClIN2O5/c1-4-11-34-22-10-7-19(14-23(22)32-2)26(31)30-29-15-18-12-21(28)25(24(13-18)33-3)35-16-17-5-8-20(27)9-6-17/h5-10,12-15H,4,11,16H2,1-3H3,(H,30,31)/b29-15+. The Balaban J connectivity index is 1.66. The lowest BCUT2D eigenvalue weighted by Gasteiger charge is -2.13. The average molecular weight is 609 g/mol. The molecule has 184 valence electrons. The Hall–Kier alpha value is -2.98. The lowest BCUT2D eigenvalue weighted by atomic mass is 10.2. The number of benzene rings is 3. The summed E-state index contributed by atoms with van der Waals surface area (Å²) >= 11 is 8.12. The number of ether oxygens (including phenoxy) is 4. The predicted octanol–water partition coefficient (Wildman–Crippen LogP) is 6.09. The van der Waals surface area contributed by atoms with Gasteiger partial charge in [0.1, 0.15) is 6.61 Å². The van der Waals surface area contributed by atoms with Gasteiger partial charge < -0.3 is 18.9 Å². The van der Waals surface area contributed by atoms with Gasteiger partial charge in [0.2, 0.25) is 0 Å². The highest BCUT2D eigenvalue weighted by molar-refractivity contribution is 14.1. The van der Waals surface area contributed by atoms with Crippen LogP contribution in [0.3, 0.4) is 0 Å². The third-order valence-corrected chi connectivity index (χ3v) is 5.87. The van der Waals surface area contributed by atoms with Crippen molar-refractivity contribution in [3.63, 3.8) is 0 Å². The van der Waals surface area contributed by atoms with Gasteiger partial charge in [-0.25, -0.2) is 5.43 Å². The molecule has 0 bridgehead atoms. The summed E-state index contributed by atoms with van der Waals surface area (Å²) in [6, 6.07) is 16.1. The Kier molecular flexibility index (Phi) is 10.0. The summed E-state index contributed by atoms with van der Waals surface area (Å²) in [5.74, 6) is 1.90. The fraction of sp³-hybridized carbons (Fsp3) is 0.231. The molecule has 0 unspecified atom stereocenters. The first kappa shape index (κ1) is 26.6. The summed E-state index contributed by atoms with van der Waals surface area (Å²) in [5, 5.41) is 4.76. The van der Waals surface area contributed by atoms with Crippen molar-refractivity contribution in [2.45, 2.75) is 20.0 Å². The Morgan fingerprint density at radius 1 is 1.00 bits per heavy atom. The van der Waals surface area contributed by atoms with E-state index in [0.717, 1.165) is 21.1 Å². The van der Waals surface area contributed by atoms with Gasteiger partial charge in [-0.3, -0.25) is 4.79 Å². The van der Waals surface area contributed by atoms with Gasteiger partial charge in [0, 0.05) is 10.6 Å². The number of rotatable bonds is 11. The summed E-state index contributed by atoms with van der Waals surface area (Å²) in [4.78, 5) is 12.5. The highest BCUT2D eigenvalue weighted by atomic mass is 127. The number of halogens is 2. The lowest BCUT2D eigenvalue weighted by molar-refractivity contribution is 0.0954. The summed E-state index contributed by atoms with van der Waals surface area (Å²) in [7, 11) is 3.11. The summed E-state index contributed by atoms with van der Waals surface area (Å²) in [6.45, 7) is 2.96. The quantitative estimate of drug-likeness (QED) is 0.162. The van der Waals surface area contributed by atoms with Crippen molar-refractivity contribution >= 4 is 46.3 Å². The van der Waals surface area contributed by atoms with Gasteiger partial charge in [-0.15, -0.1) is 0 Å². The van der Waals surface area contributed by atoms with Crippen molar-refractivity contribution in [1.29, 1.82) is 0 Å². The molecule has 3 aromatic rings. The fourth-order valence-corrected chi connectivity index (χ4v) is 3.97. The number of hydrogen-bond donors (Lipinski definition) is 1. The van der Waals surface area contributed by atoms with E-state index >= 15 is 0 Å². The molecule has 0 aliphatic carbocycles. The third kappa shape index (κ3) is 7.50. The summed E-state index contributed by atoms with van der Waals surface area (Å²) in [5.41, 5.74) is 4.67. The number of carbonyl (C=O) groups is 1. The number of amides is 1. The van der Waals surface area contributed by atoms with E-state index in [4.69, 9.17) is 30.5 Å². The molecule has 9 heteroatoms. The van der Waals surface area contributed by atoms with Gasteiger partial charge in [-0.2, -0.15) is 5.10 Å². The van der Waals surface area contributed by atoms with Crippen molar-refractivity contribution in [3.8, 4) is 23.0 Å². The van der Waals surface area contributed by atoms with E-state index in [-0.39, 0.29) is 5.91 Å². The van der Waals surface area contributed by atoms with E-state index in [1.807, 2.05) is 37.3 Å². The van der Waals surface area contributed by atoms with Crippen molar-refractivity contribution in [1.82, 2.24) is 5.43 Å². The number of hydrogen-bond acceptors (Lipinski definition) is 6. The second-order valence-electron chi connectivity index (χ2n) is 7.36. The molecule has 7 nitrogen and oxygen atoms in total. The molecule has 0 fully saturated rings. The van der Waals surface area contributed by atoms with Crippen LogP contribution in [0.2, 0.25) is 5.02 Å². The van der Waals surface area contributed by atoms with Crippen LogP contribution in [0, 0.1) is 3.57 Å². The SMILES string of the molecule is CCCOc1ccc(C(=O)N/N=C/c2cc(I)c(OCc3ccc(Cl)cc3)c(OC)c2)cc1OC. The summed E-state index contributed by atoms with van der Waals surface area (Å²) < 4.78 is 23.3. The molecular formula is C26H26ClIN2O5. The molecule has 1 amide bonds. The zero-order valence-corrected chi connectivity index (χ0v) is 22.6. The maximum atomic E-state index is 12.5. The minimum Gasteiger partial charge on any atom is -0.493 e. The third-order valence-electron chi connectivity index (χ3n) is 4.82. The molecule has 0 aliphatic heterocycles. The molecule has 3 aromatic carbocycles. The van der Waals surface area contributed by atoms with Crippen LogP contribution < -0.4 is 24.4 Å². The van der Waals surface area contributed by atoms with Crippen molar-refractivity contribution in [2.75, 3.05) is 20.8 Å². The molecule has 3 rings (SSSR count). The number of methoxy groups -OCH3 is 2. The van der Waals surface area contributed by atoms with Gasteiger partial charge in [0.15, 0.2) is 23.0 Å². The van der Waals surface area contributed by atoms with Crippen LogP contribution in [0.15, 0.2) is 59.7 Å². The van der Waals surface area contributed by atoms with E-state index in [0.29, 0.717) is 46.8 Å². The van der Waals surface area contributed by atoms with E-state index in [1.54, 1.807) is 37.6 Å². The zero-order chi connectivity index (χ0) is 25.2. The molecule has 0 radical (unpaired) electrons. The minimum absolute atomic E-state index is 0.369. The Morgan fingerprint density at radius 2 is 1.74 bits per heavy atom. The molecule has 0 aliphatic rings. The Labute approximate surface area is 223 Å². The number of nitrogens with one attached hydrogen (secondary N) is 1. The molecular weight excluding hydrogens is 583 g/mol. The van der Waals surface area contributed by atoms with Crippen LogP contribution in [0.5, 0.6) is 23.0 Å². The van der Waals surface area contributed by atoms with Gasteiger partial charge in [0.25, 0.3) is 5.91 Å². The van der Waals surface area contributed by atoms with Gasteiger partial charge in [-0.1, -0.05) is 30.7 Å². The maximum Gasteiger partial charge on any atom is 0.271 e. The first-order valence-corrected chi connectivity index (χ1v) is 12.3. The second-order valence-corrected chi connectivity index (χ2v) is 8.96. The predicted molar refractivity (Wildman–Crippen MR) is 145 cm³/mol. The summed E-state index contributed by atoms with van der Waals surface area (Å²) in [6.07, 6.45) is 2.42. The van der Waals surface area contributed by atoms with Crippen LogP contribution in [0.25, 0.3) is 0 Å². The van der Waals surface area contributed by atoms with Gasteiger partial charge >= 0.3 is 0 Å². The topological polar surface area (TPSA) is 78.4 Å². The number of nitrogens with zero attached hydrogens (tertiary/aromatic N) is 1. The van der Waals surface area contributed by atoms with Crippen LogP contribution in [-0.2, 0) is 6.61 Å². The lowest BCUT2D eigenvalue weighted by Crippen LogP contribution is -2.17. The largest absolute Gasteiger partial charge is 0.493 e. The van der Waals surface area contributed by atoms with E-state index in [9.17, 15) is 4.79 Å². The van der Waals surface area contributed by atoms with Gasteiger partial charge in [0.05, 0.1) is 30.6 Å². The fourth-order valence-electron chi connectivity index (χ4n) is 3.06. The highest BCUT2D eigenvalue weighted by Gasteiger charge is 2.13. The molecule has 0 aromatic heterocycles. The average Bonchev–Trinajstić information content (AvgIpc) is 2.87. The smallest absolute Gasteiger partial charge is 0.271 e. The Bertz CT molecular complexity index is 1190. The molecule has 0 spiro atoms. The minimum atomic E-state index is -0.369. The van der Waals surface area contributed by atoms with Crippen LogP contribution in [-0.4, -0.2) is 32.9 Å². The van der Waals surface area contributed by atoms with Gasteiger partial charge in [-0.05, 0) is 82.6 Å². The van der Waals surface area contributed by atoms with Crippen LogP contribution in [0.4, 0.5) is 0 Å². The number of carbonyl (C=O) groups excluding carboxylic acids is 1. The highest BCUT2D eigenvalue weighted by Crippen LogP contribution is 2.34. The monoisotopic (exact) mass is 608 g/mol. The first-order chi connectivity index (χ1) is 16.9. The molecule has 0 saturated heterocycles. The Morgan fingerprint density at radius 3 is 2.43 bits per heavy atom. The first-order valence-electron chi connectivity index (χ1n) is 10.8. The van der Waals surface area contributed by atoms with E-state index < -0.39 is 0 Å². The molecule has 0 atom stereocenters. The maximum absolute atomic E-state index is 12.5. The zero-order valence-electron chi connectivity index (χ0n) is 19.6. The van der Waals surface area contributed by atoms with Crippen molar-refractivity contribution in [2.24, 2.45) is 5.10 Å². The van der Waals surface area contributed by atoms with Crippen molar-refractivity contribution in [3.05, 3.63) is 79.9 Å².